The molecule has 1 aromatic carbocycles. The van der Waals surface area contributed by atoms with Gasteiger partial charge < -0.3 is 10.2 Å². The van der Waals surface area contributed by atoms with Crippen LogP contribution >= 0.6 is 12.4 Å². The van der Waals surface area contributed by atoms with Gasteiger partial charge in [-0.25, -0.2) is 8.42 Å². The summed E-state index contributed by atoms with van der Waals surface area (Å²) in [6, 6.07) is 5.21. The molecule has 1 unspecified atom stereocenters. The molecule has 0 saturated carbocycles. The number of halogens is 1. The Bertz CT molecular complexity index is 701. The minimum atomic E-state index is -3.50. The quantitative estimate of drug-likeness (QED) is 0.826. The van der Waals surface area contributed by atoms with Gasteiger partial charge in [-0.1, -0.05) is 13.0 Å². The highest BCUT2D eigenvalue weighted by atomic mass is 35.5. The average Bonchev–Trinajstić information content (AvgIpc) is 2.57. The number of piperazine rings is 1. The van der Waals surface area contributed by atoms with Gasteiger partial charge in [-0.05, 0) is 44.2 Å². The van der Waals surface area contributed by atoms with Gasteiger partial charge in [0.15, 0.2) is 0 Å². The van der Waals surface area contributed by atoms with E-state index in [0.29, 0.717) is 37.6 Å². The molecular formula is C17H28ClN3O3S. The number of benzene rings is 1. The van der Waals surface area contributed by atoms with Crippen molar-refractivity contribution in [3.05, 3.63) is 29.3 Å². The van der Waals surface area contributed by atoms with E-state index in [2.05, 4.69) is 5.32 Å². The highest BCUT2D eigenvalue weighted by Gasteiger charge is 2.31. The van der Waals surface area contributed by atoms with E-state index in [4.69, 9.17) is 0 Å². The Morgan fingerprint density at radius 3 is 2.28 bits per heavy atom. The molecule has 1 aromatic rings. The van der Waals surface area contributed by atoms with Crippen LogP contribution in [0.4, 0.5) is 0 Å². The summed E-state index contributed by atoms with van der Waals surface area (Å²) in [5, 5.41) is 3.00. The molecule has 0 aromatic heterocycles. The molecular weight excluding hydrogens is 362 g/mol. The van der Waals surface area contributed by atoms with Gasteiger partial charge in [0.2, 0.25) is 15.9 Å². The van der Waals surface area contributed by atoms with Crippen molar-refractivity contribution >= 4 is 28.3 Å². The standard InChI is InChI=1S/C17H27N3O3S.ClH/c1-13-5-6-16(11-14(13)2)24(22,23)20-9-7-19(8-10-20)17(21)15(3)12-18-4;/h5-6,11,15,18H,7-10,12H2,1-4H3;1H. The number of carbonyl (C=O) groups is 1. The highest BCUT2D eigenvalue weighted by Crippen LogP contribution is 2.20. The molecule has 6 nitrogen and oxygen atoms in total. The second-order valence-electron chi connectivity index (χ2n) is 6.43. The Balaban J connectivity index is 0.00000312. The summed E-state index contributed by atoms with van der Waals surface area (Å²) in [4.78, 5) is 14.4. The van der Waals surface area contributed by atoms with E-state index >= 15 is 0 Å². The minimum absolute atomic E-state index is 0. The molecule has 1 heterocycles. The first-order valence-corrected chi connectivity index (χ1v) is 9.72. The third-order valence-electron chi connectivity index (χ3n) is 4.60. The molecule has 0 spiro atoms. The predicted octanol–water partition coefficient (Wildman–Crippen LogP) is 1.41. The fraction of sp³-hybridized carbons (Fsp3) is 0.588. The first-order chi connectivity index (χ1) is 11.3. The van der Waals surface area contributed by atoms with E-state index in [1.165, 1.54) is 4.31 Å². The van der Waals surface area contributed by atoms with E-state index in [1.807, 2.05) is 33.9 Å². The molecule has 0 aliphatic carbocycles. The third-order valence-corrected chi connectivity index (χ3v) is 6.49. The van der Waals surface area contributed by atoms with Crippen molar-refractivity contribution in [2.24, 2.45) is 5.92 Å². The van der Waals surface area contributed by atoms with Crippen molar-refractivity contribution in [2.75, 3.05) is 39.8 Å². The first kappa shape index (κ1) is 21.9. The molecule has 1 saturated heterocycles. The van der Waals surface area contributed by atoms with Crippen LogP contribution in [0.1, 0.15) is 18.1 Å². The van der Waals surface area contributed by atoms with Crippen molar-refractivity contribution in [3.63, 3.8) is 0 Å². The molecule has 25 heavy (non-hydrogen) atoms. The zero-order valence-electron chi connectivity index (χ0n) is 15.3. The largest absolute Gasteiger partial charge is 0.340 e. The van der Waals surface area contributed by atoms with Crippen LogP contribution in [0.25, 0.3) is 0 Å². The number of rotatable bonds is 5. The Morgan fingerprint density at radius 2 is 1.76 bits per heavy atom. The molecule has 0 bridgehead atoms. The zero-order chi connectivity index (χ0) is 17.9. The summed E-state index contributed by atoms with van der Waals surface area (Å²) in [6.07, 6.45) is 0. The molecule has 0 radical (unpaired) electrons. The number of nitrogens with one attached hydrogen (secondary N) is 1. The zero-order valence-corrected chi connectivity index (χ0v) is 16.9. The van der Waals surface area contributed by atoms with Crippen LogP contribution in [0.15, 0.2) is 23.1 Å². The van der Waals surface area contributed by atoms with Crippen LogP contribution in [0.3, 0.4) is 0 Å². The lowest BCUT2D eigenvalue weighted by Crippen LogP contribution is -2.52. The first-order valence-electron chi connectivity index (χ1n) is 8.28. The van der Waals surface area contributed by atoms with Crippen molar-refractivity contribution in [2.45, 2.75) is 25.7 Å². The van der Waals surface area contributed by atoms with Crippen LogP contribution in [-0.4, -0.2) is 63.3 Å². The number of nitrogens with zero attached hydrogens (tertiary/aromatic N) is 2. The molecule has 1 amide bonds. The Morgan fingerprint density at radius 1 is 1.16 bits per heavy atom. The monoisotopic (exact) mass is 389 g/mol. The number of sulfonamides is 1. The van der Waals surface area contributed by atoms with Crippen molar-refractivity contribution in [1.82, 2.24) is 14.5 Å². The topological polar surface area (TPSA) is 69.7 Å². The van der Waals surface area contributed by atoms with Gasteiger partial charge in [0.1, 0.15) is 0 Å². The molecule has 142 valence electrons. The Kier molecular flexibility index (Phi) is 7.87. The Labute approximate surface area is 157 Å². The van der Waals surface area contributed by atoms with E-state index in [0.717, 1.165) is 11.1 Å². The fourth-order valence-electron chi connectivity index (χ4n) is 2.88. The second-order valence-corrected chi connectivity index (χ2v) is 8.37. The normalized spacial score (nSPS) is 17.0. The molecule has 8 heteroatoms. The molecule has 1 fully saturated rings. The van der Waals surface area contributed by atoms with E-state index < -0.39 is 10.0 Å². The molecule has 1 aliphatic rings. The molecule has 1 atom stereocenters. The van der Waals surface area contributed by atoms with Crippen molar-refractivity contribution < 1.29 is 13.2 Å². The van der Waals surface area contributed by atoms with Gasteiger partial charge in [-0.3, -0.25) is 4.79 Å². The lowest BCUT2D eigenvalue weighted by molar-refractivity contribution is -0.136. The van der Waals surface area contributed by atoms with E-state index in [1.54, 1.807) is 17.0 Å². The molecule has 1 N–H and O–H groups in total. The molecule has 2 rings (SSSR count). The van der Waals surface area contributed by atoms with Gasteiger partial charge in [0.05, 0.1) is 4.90 Å². The highest BCUT2D eigenvalue weighted by molar-refractivity contribution is 7.89. The number of carbonyl (C=O) groups excluding carboxylic acids is 1. The van der Waals surface area contributed by atoms with Crippen molar-refractivity contribution in [3.8, 4) is 0 Å². The smallest absolute Gasteiger partial charge is 0.243 e. The van der Waals surface area contributed by atoms with Gasteiger partial charge in [-0.15, -0.1) is 12.4 Å². The van der Waals surface area contributed by atoms with Gasteiger partial charge in [0, 0.05) is 38.6 Å². The summed E-state index contributed by atoms with van der Waals surface area (Å²) in [7, 11) is -1.68. The van der Waals surface area contributed by atoms with Crippen LogP contribution in [0, 0.1) is 19.8 Å². The van der Waals surface area contributed by atoms with E-state index in [9.17, 15) is 13.2 Å². The fourth-order valence-corrected chi connectivity index (χ4v) is 4.39. The summed E-state index contributed by atoms with van der Waals surface area (Å²) in [5.74, 6) is -0.0227. The van der Waals surface area contributed by atoms with Crippen molar-refractivity contribution in [1.29, 1.82) is 0 Å². The minimum Gasteiger partial charge on any atom is -0.340 e. The second kappa shape index (κ2) is 8.98. The maximum absolute atomic E-state index is 12.8. The lowest BCUT2D eigenvalue weighted by atomic mass is 10.1. The van der Waals surface area contributed by atoms with Gasteiger partial charge in [0.25, 0.3) is 0 Å². The summed E-state index contributed by atoms with van der Waals surface area (Å²) in [5.41, 5.74) is 2.04. The maximum atomic E-state index is 12.8. The van der Waals surface area contributed by atoms with Crippen LogP contribution in [0.5, 0.6) is 0 Å². The summed E-state index contributed by atoms with van der Waals surface area (Å²) < 4.78 is 27.0. The maximum Gasteiger partial charge on any atom is 0.243 e. The van der Waals surface area contributed by atoms with Crippen LogP contribution < -0.4 is 5.32 Å². The van der Waals surface area contributed by atoms with Gasteiger partial charge in [-0.2, -0.15) is 4.31 Å². The average molecular weight is 390 g/mol. The number of amides is 1. The number of hydrogen-bond acceptors (Lipinski definition) is 4. The summed E-state index contributed by atoms with van der Waals surface area (Å²) >= 11 is 0. The number of aryl methyl sites for hydroxylation is 2. The number of hydrogen-bond donors (Lipinski definition) is 1. The summed E-state index contributed by atoms with van der Waals surface area (Å²) in [6.45, 7) is 7.95. The van der Waals surface area contributed by atoms with Crippen LogP contribution in [0.2, 0.25) is 0 Å². The van der Waals surface area contributed by atoms with Crippen LogP contribution in [-0.2, 0) is 14.8 Å². The SMILES string of the molecule is CNCC(C)C(=O)N1CCN(S(=O)(=O)c2ccc(C)c(C)c2)CC1.Cl. The van der Waals surface area contributed by atoms with Gasteiger partial charge >= 0.3 is 0 Å². The Hall–Kier alpha value is -1.15. The predicted molar refractivity (Wildman–Crippen MR) is 102 cm³/mol. The molecule has 1 aliphatic heterocycles. The third kappa shape index (κ3) is 4.94. The van der Waals surface area contributed by atoms with E-state index in [-0.39, 0.29) is 24.2 Å². The lowest BCUT2D eigenvalue weighted by Gasteiger charge is -2.35.